The molecule has 2 rings (SSSR count). The highest BCUT2D eigenvalue weighted by molar-refractivity contribution is 5.90. The highest BCUT2D eigenvalue weighted by Crippen LogP contribution is 2.23. The van der Waals surface area contributed by atoms with Crippen molar-refractivity contribution in [1.29, 1.82) is 0 Å². The largest absolute Gasteiger partial charge is 0.394 e. The van der Waals surface area contributed by atoms with Gasteiger partial charge < -0.3 is 16.2 Å². The van der Waals surface area contributed by atoms with Gasteiger partial charge in [0.15, 0.2) is 0 Å². The molecule has 1 atom stereocenters. The fraction of sp³-hybridized carbons (Fsp3) is 0.429. The molecule has 0 fully saturated rings. The summed E-state index contributed by atoms with van der Waals surface area (Å²) in [5, 5.41) is 13.5. The Labute approximate surface area is 112 Å². The SMILES string of the molecule is CCCC(CO)Nc1nc(N)nc2cc(C)ccc12. The van der Waals surface area contributed by atoms with Gasteiger partial charge in [0.05, 0.1) is 18.2 Å². The van der Waals surface area contributed by atoms with Crippen molar-refractivity contribution in [3.63, 3.8) is 0 Å². The number of hydrogen-bond donors (Lipinski definition) is 3. The molecule has 0 bridgehead atoms. The number of aliphatic hydroxyl groups is 1. The Bertz CT molecular complexity index is 565. The summed E-state index contributed by atoms with van der Waals surface area (Å²) in [6.07, 6.45) is 1.88. The highest BCUT2D eigenvalue weighted by atomic mass is 16.3. The third kappa shape index (κ3) is 3.12. The van der Waals surface area contributed by atoms with E-state index in [1.54, 1.807) is 0 Å². The number of aliphatic hydroxyl groups excluding tert-OH is 1. The van der Waals surface area contributed by atoms with Crippen LogP contribution in [0.1, 0.15) is 25.3 Å². The second kappa shape index (κ2) is 5.84. The molecule has 0 aliphatic heterocycles. The normalized spacial score (nSPS) is 12.6. The van der Waals surface area contributed by atoms with Crippen LogP contribution < -0.4 is 11.1 Å². The van der Waals surface area contributed by atoms with Crippen LogP contribution in [0.4, 0.5) is 11.8 Å². The van der Waals surface area contributed by atoms with Gasteiger partial charge in [0, 0.05) is 5.39 Å². The van der Waals surface area contributed by atoms with E-state index in [2.05, 4.69) is 22.2 Å². The van der Waals surface area contributed by atoms with Gasteiger partial charge in [-0.05, 0) is 31.0 Å². The van der Waals surface area contributed by atoms with Gasteiger partial charge in [0.25, 0.3) is 0 Å². The van der Waals surface area contributed by atoms with E-state index in [9.17, 15) is 5.11 Å². The summed E-state index contributed by atoms with van der Waals surface area (Å²) in [6.45, 7) is 4.17. The number of hydrogen-bond acceptors (Lipinski definition) is 5. The Morgan fingerprint density at radius 1 is 1.37 bits per heavy atom. The molecule has 19 heavy (non-hydrogen) atoms. The third-order valence-electron chi connectivity index (χ3n) is 3.07. The Balaban J connectivity index is 2.41. The van der Waals surface area contributed by atoms with Crippen molar-refractivity contribution < 1.29 is 5.11 Å². The number of nitrogens with two attached hydrogens (primary N) is 1. The Kier molecular flexibility index (Phi) is 4.16. The van der Waals surface area contributed by atoms with Crippen molar-refractivity contribution in [3.05, 3.63) is 23.8 Å². The molecule has 102 valence electrons. The topological polar surface area (TPSA) is 84.1 Å². The average molecular weight is 260 g/mol. The van der Waals surface area contributed by atoms with E-state index >= 15 is 0 Å². The van der Waals surface area contributed by atoms with Crippen LogP contribution in [0.15, 0.2) is 18.2 Å². The van der Waals surface area contributed by atoms with Crippen LogP contribution in [0.5, 0.6) is 0 Å². The first kappa shape index (κ1) is 13.5. The molecule has 2 aromatic rings. The zero-order valence-electron chi connectivity index (χ0n) is 11.3. The maximum absolute atomic E-state index is 9.37. The molecule has 5 nitrogen and oxygen atoms in total. The number of anilines is 2. The van der Waals surface area contributed by atoms with Gasteiger partial charge >= 0.3 is 0 Å². The molecule has 0 radical (unpaired) electrons. The summed E-state index contributed by atoms with van der Waals surface area (Å²) in [6, 6.07) is 5.96. The molecule has 1 unspecified atom stereocenters. The summed E-state index contributed by atoms with van der Waals surface area (Å²) in [5.41, 5.74) is 7.69. The van der Waals surface area contributed by atoms with Gasteiger partial charge in [0.2, 0.25) is 5.95 Å². The molecule has 0 saturated heterocycles. The minimum atomic E-state index is -0.0104. The van der Waals surface area contributed by atoms with Gasteiger partial charge in [-0.3, -0.25) is 0 Å². The van der Waals surface area contributed by atoms with Crippen LogP contribution in [0.2, 0.25) is 0 Å². The molecule has 0 amide bonds. The Morgan fingerprint density at radius 2 is 2.16 bits per heavy atom. The van der Waals surface area contributed by atoms with Gasteiger partial charge in [-0.15, -0.1) is 0 Å². The van der Waals surface area contributed by atoms with Crippen LogP contribution in [0.25, 0.3) is 10.9 Å². The predicted octanol–water partition coefficient (Wildman–Crippen LogP) is 2.09. The molecule has 0 aliphatic carbocycles. The fourth-order valence-corrected chi connectivity index (χ4v) is 2.12. The zero-order chi connectivity index (χ0) is 13.8. The third-order valence-corrected chi connectivity index (χ3v) is 3.07. The molecule has 1 aromatic carbocycles. The maximum Gasteiger partial charge on any atom is 0.222 e. The number of benzene rings is 1. The van der Waals surface area contributed by atoms with Crippen LogP contribution in [0, 0.1) is 6.92 Å². The van der Waals surface area contributed by atoms with Gasteiger partial charge in [-0.1, -0.05) is 19.4 Å². The van der Waals surface area contributed by atoms with Crippen LogP contribution >= 0.6 is 0 Å². The summed E-state index contributed by atoms with van der Waals surface area (Å²) in [4.78, 5) is 8.49. The Hall–Kier alpha value is -1.88. The molecule has 0 saturated carbocycles. The first-order valence-corrected chi connectivity index (χ1v) is 6.55. The van der Waals surface area contributed by atoms with Crippen LogP contribution in [-0.4, -0.2) is 27.7 Å². The van der Waals surface area contributed by atoms with E-state index in [4.69, 9.17) is 5.73 Å². The lowest BCUT2D eigenvalue weighted by Gasteiger charge is -2.17. The number of aromatic nitrogens is 2. The smallest absolute Gasteiger partial charge is 0.222 e. The van der Waals surface area contributed by atoms with E-state index in [1.807, 2.05) is 25.1 Å². The van der Waals surface area contributed by atoms with E-state index in [0.717, 1.165) is 29.3 Å². The lowest BCUT2D eigenvalue weighted by molar-refractivity contribution is 0.268. The van der Waals surface area contributed by atoms with E-state index < -0.39 is 0 Å². The Morgan fingerprint density at radius 3 is 2.84 bits per heavy atom. The maximum atomic E-state index is 9.37. The minimum Gasteiger partial charge on any atom is -0.394 e. The fourth-order valence-electron chi connectivity index (χ4n) is 2.12. The summed E-state index contributed by atoms with van der Waals surface area (Å²) < 4.78 is 0. The minimum absolute atomic E-state index is 0.0104. The number of nitrogens with one attached hydrogen (secondary N) is 1. The van der Waals surface area contributed by atoms with Gasteiger partial charge in [0.1, 0.15) is 5.82 Å². The predicted molar refractivity (Wildman–Crippen MR) is 78.1 cm³/mol. The first-order chi connectivity index (χ1) is 9.13. The van der Waals surface area contributed by atoms with Crippen molar-refractivity contribution in [2.24, 2.45) is 0 Å². The summed E-state index contributed by atoms with van der Waals surface area (Å²) in [5.74, 6) is 0.934. The second-order valence-electron chi connectivity index (χ2n) is 4.76. The average Bonchev–Trinajstić information content (AvgIpc) is 2.37. The van der Waals surface area contributed by atoms with Crippen LogP contribution in [-0.2, 0) is 0 Å². The second-order valence-corrected chi connectivity index (χ2v) is 4.76. The first-order valence-electron chi connectivity index (χ1n) is 6.55. The van der Waals surface area contributed by atoms with Gasteiger partial charge in [-0.2, -0.15) is 4.98 Å². The molecule has 0 aliphatic rings. The molecule has 4 N–H and O–H groups in total. The number of aryl methyl sites for hydroxylation is 1. The quantitative estimate of drug-likeness (QED) is 0.766. The standard InChI is InChI=1S/C14H20N4O/c1-3-4-10(8-19)16-13-11-6-5-9(2)7-12(11)17-14(15)18-13/h5-7,10,19H,3-4,8H2,1-2H3,(H3,15,16,17,18). The molecule has 1 heterocycles. The lowest BCUT2D eigenvalue weighted by atomic mass is 10.1. The summed E-state index contributed by atoms with van der Waals surface area (Å²) in [7, 11) is 0. The molecule has 1 aromatic heterocycles. The van der Waals surface area contributed by atoms with Crippen molar-refractivity contribution in [3.8, 4) is 0 Å². The van der Waals surface area contributed by atoms with Crippen molar-refractivity contribution in [2.45, 2.75) is 32.7 Å². The number of rotatable bonds is 5. The van der Waals surface area contributed by atoms with E-state index in [-0.39, 0.29) is 18.6 Å². The van der Waals surface area contributed by atoms with Crippen LogP contribution in [0.3, 0.4) is 0 Å². The summed E-state index contributed by atoms with van der Waals surface area (Å²) >= 11 is 0. The number of nitrogens with zero attached hydrogens (tertiary/aromatic N) is 2. The monoisotopic (exact) mass is 260 g/mol. The van der Waals surface area contributed by atoms with Gasteiger partial charge in [-0.25, -0.2) is 4.98 Å². The molecule has 0 spiro atoms. The molecule has 5 heteroatoms. The van der Waals surface area contributed by atoms with Crippen molar-refractivity contribution in [1.82, 2.24) is 9.97 Å². The van der Waals surface area contributed by atoms with Crippen molar-refractivity contribution in [2.75, 3.05) is 17.7 Å². The zero-order valence-corrected chi connectivity index (χ0v) is 11.3. The lowest BCUT2D eigenvalue weighted by Crippen LogP contribution is -2.24. The molecular weight excluding hydrogens is 240 g/mol. The van der Waals surface area contributed by atoms with E-state index in [1.165, 1.54) is 0 Å². The highest BCUT2D eigenvalue weighted by Gasteiger charge is 2.11. The molecular formula is C14H20N4O. The van der Waals surface area contributed by atoms with E-state index in [0.29, 0.717) is 5.82 Å². The van der Waals surface area contributed by atoms with Crippen molar-refractivity contribution >= 4 is 22.7 Å². The number of fused-ring (bicyclic) bond motifs is 1. The number of nitrogen functional groups attached to an aromatic ring is 1.